The van der Waals surface area contributed by atoms with Crippen LogP contribution in [-0.4, -0.2) is 55.8 Å². The first-order chi connectivity index (χ1) is 14.0. The third-order valence-corrected chi connectivity index (χ3v) is 6.59. The molecule has 29 heavy (non-hydrogen) atoms. The van der Waals surface area contributed by atoms with Gasteiger partial charge in [0.15, 0.2) is 5.13 Å². The van der Waals surface area contributed by atoms with E-state index in [2.05, 4.69) is 24.0 Å². The molecule has 0 bridgehead atoms. The number of benzene rings is 2. The molecule has 0 aliphatic rings. The maximum atomic E-state index is 13.1. The van der Waals surface area contributed by atoms with Gasteiger partial charge >= 0.3 is 0 Å². The number of methoxy groups -OCH3 is 1. The van der Waals surface area contributed by atoms with Gasteiger partial charge in [-0.05, 0) is 69.9 Å². The second-order valence-corrected chi connectivity index (χ2v) is 9.14. The van der Waals surface area contributed by atoms with E-state index in [4.69, 9.17) is 9.72 Å². The van der Waals surface area contributed by atoms with E-state index in [0.717, 1.165) is 44.5 Å². The number of ether oxygens (including phenoxy) is 1. The van der Waals surface area contributed by atoms with Crippen LogP contribution in [0.4, 0.5) is 5.13 Å². The zero-order chi connectivity index (χ0) is 20.8. The van der Waals surface area contributed by atoms with Crippen LogP contribution in [0.15, 0.2) is 47.4 Å². The number of rotatable bonds is 9. The lowest BCUT2D eigenvalue weighted by molar-refractivity contribution is -0.116. The van der Waals surface area contributed by atoms with Gasteiger partial charge in [0.1, 0.15) is 5.75 Å². The van der Waals surface area contributed by atoms with Gasteiger partial charge in [0, 0.05) is 11.4 Å². The molecule has 0 atom stereocenters. The highest BCUT2D eigenvalue weighted by atomic mass is 32.2. The maximum absolute atomic E-state index is 13.1. The van der Waals surface area contributed by atoms with E-state index < -0.39 is 0 Å². The molecular weight excluding hydrogens is 402 g/mol. The zero-order valence-electron chi connectivity index (χ0n) is 17.3. The minimum atomic E-state index is 0.0845. The molecule has 0 N–H and O–H groups in total. The first kappa shape index (κ1) is 21.6. The number of thioether (sulfide) groups is 1. The molecule has 7 heteroatoms. The van der Waals surface area contributed by atoms with Crippen molar-refractivity contribution in [1.29, 1.82) is 0 Å². The summed E-state index contributed by atoms with van der Waals surface area (Å²) in [5, 5.41) is 0.786. The number of aromatic nitrogens is 1. The zero-order valence-corrected chi connectivity index (χ0v) is 19.0. The molecule has 0 saturated heterocycles. The number of hydrogen-bond acceptors (Lipinski definition) is 6. The number of thiazole rings is 1. The van der Waals surface area contributed by atoms with Crippen molar-refractivity contribution in [2.24, 2.45) is 0 Å². The normalized spacial score (nSPS) is 11.2. The van der Waals surface area contributed by atoms with Crippen molar-refractivity contribution in [3.8, 4) is 5.75 Å². The second kappa shape index (κ2) is 10.1. The lowest BCUT2D eigenvalue weighted by Gasteiger charge is -2.21. The Hall–Kier alpha value is -2.09. The fourth-order valence-corrected chi connectivity index (χ4v) is 4.82. The third-order valence-electron chi connectivity index (χ3n) is 4.55. The third kappa shape index (κ3) is 5.72. The highest BCUT2D eigenvalue weighted by molar-refractivity contribution is 8.00. The van der Waals surface area contributed by atoms with Gasteiger partial charge in [-0.3, -0.25) is 9.69 Å². The summed E-state index contributed by atoms with van der Waals surface area (Å²) in [5.74, 6) is 1.28. The molecule has 3 aromatic rings. The van der Waals surface area contributed by atoms with Crippen molar-refractivity contribution < 1.29 is 9.53 Å². The molecule has 0 fully saturated rings. The fraction of sp³-hybridized carbons (Fsp3) is 0.364. The summed E-state index contributed by atoms with van der Waals surface area (Å²) >= 11 is 3.13. The number of nitrogens with zero attached hydrogens (tertiary/aromatic N) is 3. The maximum Gasteiger partial charge on any atom is 0.239 e. The van der Waals surface area contributed by atoms with Crippen LogP contribution in [0.3, 0.4) is 0 Å². The molecule has 0 spiro atoms. The monoisotopic (exact) mass is 429 g/mol. The van der Waals surface area contributed by atoms with Gasteiger partial charge in [-0.2, -0.15) is 0 Å². The highest BCUT2D eigenvalue weighted by Gasteiger charge is 2.20. The Bertz CT molecular complexity index is 954. The van der Waals surface area contributed by atoms with Gasteiger partial charge in [-0.15, -0.1) is 11.8 Å². The van der Waals surface area contributed by atoms with E-state index in [1.807, 2.05) is 49.3 Å². The minimum Gasteiger partial charge on any atom is -0.497 e. The molecule has 0 aliphatic carbocycles. The van der Waals surface area contributed by atoms with Crippen molar-refractivity contribution >= 4 is 44.4 Å². The number of para-hydroxylation sites is 1. The molecule has 0 unspecified atom stereocenters. The lowest BCUT2D eigenvalue weighted by Crippen LogP contribution is -2.34. The van der Waals surface area contributed by atoms with Crippen molar-refractivity contribution in [3.63, 3.8) is 0 Å². The van der Waals surface area contributed by atoms with Crippen LogP contribution in [0.2, 0.25) is 0 Å². The number of fused-ring (bicyclic) bond motifs is 1. The smallest absolute Gasteiger partial charge is 0.239 e. The molecular formula is C22H27N3O2S2. The molecule has 0 saturated carbocycles. The molecule has 1 heterocycles. The molecule has 154 valence electrons. The summed E-state index contributed by atoms with van der Waals surface area (Å²) in [6.07, 6.45) is 0.904. The Morgan fingerprint density at radius 2 is 1.90 bits per heavy atom. The minimum absolute atomic E-state index is 0.0845. The summed E-state index contributed by atoms with van der Waals surface area (Å²) < 4.78 is 6.32. The van der Waals surface area contributed by atoms with Gasteiger partial charge in [0.25, 0.3) is 0 Å². The molecule has 0 radical (unpaired) electrons. The predicted octanol–water partition coefficient (Wildman–Crippen LogP) is 4.69. The van der Waals surface area contributed by atoms with Gasteiger partial charge in [-0.1, -0.05) is 23.5 Å². The van der Waals surface area contributed by atoms with Gasteiger partial charge < -0.3 is 9.64 Å². The fourth-order valence-electron chi connectivity index (χ4n) is 2.96. The van der Waals surface area contributed by atoms with E-state index in [-0.39, 0.29) is 5.91 Å². The molecule has 2 aromatic carbocycles. The Morgan fingerprint density at radius 3 is 2.55 bits per heavy atom. The predicted molar refractivity (Wildman–Crippen MR) is 124 cm³/mol. The molecule has 5 nitrogen and oxygen atoms in total. The number of carbonyl (C=O) groups is 1. The highest BCUT2D eigenvalue weighted by Crippen LogP contribution is 2.31. The number of carbonyl (C=O) groups excluding carboxylic acids is 1. The standard InChI is InChI=1S/C22H27N3O2S2/c1-16-7-5-8-19-21(16)23-22(29-19)25(14-6-13-24(2)3)20(26)15-28-18-11-9-17(27-4)10-12-18/h5,7-12H,6,13-15H2,1-4H3. The summed E-state index contributed by atoms with van der Waals surface area (Å²) in [6.45, 7) is 3.65. The van der Waals surface area contributed by atoms with Crippen LogP contribution in [0.25, 0.3) is 10.2 Å². The van der Waals surface area contributed by atoms with Crippen LogP contribution in [0.5, 0.6) is 5.75 Å². The first-order valence-corrected chi connectivity index (χ1v) is 11.4. The van der Waals surface area contributed by atoms with Crippen LogP contribution >= 0.6 is 23.1 Å². The second-order valence-electron chi connectivity index (χ2n) is 7.08. The summed E-state index contributed by atoms with van der Waals surface area (Å²) in [7, 11) is 5.75. The van der Waals surface area contributed by atoms with E-state index in [1.54, 1.807) is 30.2 Å². The molecule has 3 rings (SSSR count). The van der Waals surface area contributed by atoms with Crippen LogP contribution in [0.1, 0.15) is 12.0 Å². The average molecular weight is 430 g/mol. The van der Waals surface area contributed by atoms with E-state index >= 15 is 0 Å². The average Bonchev–Trinajstić information content (AvgIpc) is 3.15. The van der Waals surface area contributed by atoms with Crippen molar-refractivity contribution in [2.75, 3.05) is 44.9 Å². The lowest BCUT2D eigenvalue weighted by atomic mass is 10.2. The number of hydrogen-bond donors (Lipinski definition) is 0. The van der Waals surface area contributed by atoms with Gasteiger partial charge in [0.05, 0.1) is 23.1 Å². The van der Waals surface area contributed by atoms with Crippen LogP contribution in [-0.2, 0) is 4.79 Å². The first-order valence-electron chi connectivity index (χ1n) is 9.56. The van der Waals surface area contributed by atoms with Gasteiger partial charge in [0.2, 0.25) is 5.91 Å². The Morgan fingerprint density at radius 1 is 1.14 bits per heavy atom. The van der Waals surface area contributed by atoms with Gasteiger partial charge in [-0.25, -0.2) is 4.98 Å². The van der Waals surface area contributed by atoms with E-state index in [9.17, 15) is 4.79 Å². The number of anilines is 1. The quantitative estimate of drug-likeness (QED) is 0.462. The Labute approximate surface area is 180 Å². The van der Waals surface area contributed by atoms with E-state index in [0.29, 0.717) is 12.3 Å². The topological polar surface area (TPSA) is 45.7 Å². The summed E-state index contributed by atoms with van der Waals surface area (Å²) in [6, 6.07) is 14.0. The molecule has 0 aliphatic heterocycles. The van der Waals surface area contributed by atoms with Crippen LogP contribution in [0, 0.1) is 6.92 Å². The number of amides is 1. The number of aryl methyl sites for hydroxylation is 1. The van der Waals surface area contributed by atoms with Crippen molar-refractivity contribution in [3.05, 3.63) is 48.0 Å². The Kier molecular flexibility index (Phi) is 7.52. The Balaban J connectivity index is 1.75. The summed E-state index contributed by atoms with van der Waals surface area (Å²) in [5.41, 5.74) is 2.12. The van der Waals surface area contributed by atoms with E-state index in [1.165, 1.54) is 0 Å². The van der Waals surface area contributed by atoms with Crippen molar-refractivity contribution in [2.45, 2.75) is 18.2 Å². The summed E-state index contributed by atoms with van der Waals surface area (Å²) in [4.78, 5) is 22.9. The molecule has 1 amide bonds. The van der Waals surface area contributed by atoms with Crippen LogP contribution < -0.4 is 9.64 Å². The van der Waals surface area contributed by atoms with Crippen molar-refractivity contribution in [1.82, 2.24) is 9.88 Å². The molecule has 1 aromatic heterocycles. The largest absolute Gasteiger partial charge is 0.497 e. The SMILES string of the molecule is COc1ccc(SCC(=O)N(CCCN(C)C)c2nc3c(C)cccc3s2)cc1.